The first kappa shape index (κ1) is 11.1. The molecule has 2 aromatic heterocycles. The summed E-state index contributed by atoms with van der Waals surface area (Å²) in [5.74, 6) is -0.330. The Kier molecular flexibility index (Phi) is 2.77. The second-order valence-electron chi connectivity index (χ2n) is 3.80. The van der Waals surface area contributed by atoms with Crippen molar-refractivity contribution >= 4 is 11.6 Å². The summed E-state index contributed by atoms with van der Waals surface area (Å²) >= 11 is 0. The molecule has 1 aromatic carbocycles. The molecule has 0 unspecified atom stereocenters. The number of rotatable bonds is 3. The van der Waals surface area contributed by atoms with Crippen LogP contribution < -0.4 is 5.32 Å². The Morgan fingerprint density at radius 2 is 2.05 bits per heavy atom. The number of nitrogens with zero attached hydrogens (tertiary/aromatic N) is 4. The predicted octanol–water partition coefficient (Wildman–Crippen LogP) is 1.24. The molecule has 19 heavy (non-hydrogen) atoms. The minimum Gasteiger partial charge on any atom is -0.318 e. The molecule has 94 valence electrons. The number of carbonyl (C=O) groups excluding carboxylic acids is 1. The minimum atomic E-state index is -0.330. The Morgan fingerprint density at radius 1 is 1.21 bits per heavy atom. The highest BCUT2D eigenvalue weighted by Crippen LogP contribution is 2.07. The lowest BCUT2D eigenvalue weighted by Crippen LogP contribution is -2.12. The van der Waals surface area contributed by atoms with Gasteiger partial charge in [-0.05, 0) is 12.1 Å². The SMILES string of the molecule is O=C(Nc1cn[nH]c1)c1cnn(-c2ccccc2)n1. The second-order valence-corrected chi connectivity index (χ2v) is 3.80. The molecule has 0 saturated heterocycles. The second kappa shape index (κ2) is 4.73. The number of hydrogen-bond donors (Lipinski definition) is 2. The summed E-state index contributed by atoms with van der Waals surface area (Å²) in [6.45, 7) is 0. The van der Waals surface area contributed by atoms with Gasteiger partial charge in [0.2, 0.25) is 0 Å². The van der Waals surface area contributed by atoms with Gasteiger partial charge in [0.1, 0.15) is 0 Å². The first-order valence-corrected chi connectivity index (χ1v) is 5.61. The van der Waals surface area contributed by atoms with Crippen molar-refractivity contribution in [2.75, 3.05) is 5.32 Å². The van der Waals surface area contributed by atoms with E-state index < -0.39 is 0 Å². The lowest BCUT2D eigenvalue weighted by Gasteiger charge is -1.98. The molecule has 7 heteroatoms. The van der Waals surface area contributed by atoms with Crippen molar-refractivity contribution in [2.45, 2.75) is 0 Å². The maximum atomic E-state index is 11.9. The number of hydrogen-bond acceptors (Lipinski definition) is 4. The van der Waals surface area contributed by atoms with Crippen LogP contribution in [0.25, 0.3) is 5.69 Å². The zero-order valence-corrected chi connectivity index (χ0v) is 9.82. The zero-order chi connectivity index (χ0) is 13.1. The molecule has 0 spiro atoms. The fraction of sp³-hybridized carbons (Fsp3) is 0. The molecular weight excluding hydrogens is 244 g/mol. The van der Waals surface area contributed by atoms with E-state index in [-0.39, 0.29) is 11.6 Å². The van der Waals surface area contributed by atoms with E-state index in [2.05, 4.69) is 25.7 Å². The summed E-state index contributed by atoms with van der Waals surface area (Å²) in [4.78, 5) is 13.3. The number of nitrogens with one attached hydrogen (secondary N) is 2. The average Bonchev–Trinajstić information content (AvgIpc) is 3.10. The van der Waals surface area contributed by atoms with Crippen molar-refractivity contribution < 1.29 is 4.79 Å². The summed E-state index contributed by atoms with van der Waals surface area (Å²) in [5, 5.41) is 17.2. The van der Waals surface area contributed by atoms with Gasteiger partial charge in [-0.1, -0.05) is 18.2 Å². The lowest BCUT2D eigenvalue weighted by atomic mass is 10.3. The Hall–Kier alpha value is -2.96. The van der Waals surface area contributed by atoms with Crippen LogP contribution in [0.5, 0.6) is 0 Å². The standard InChI is InChI=1S/C12H10N6O/c19-12(16-9-6-13-14-7-9)11-8-15-18(17-11)10-4-2-1-3-5-10/h1-8H,(H,13,14)(H,16,19). The highest BCUT2D eigenvalue weighted by atomic mass is 16.2. The van der Waals surface area contributed by atoms with Gasteiger partial charge in [0.25, 0.3) is 5.91 Å². The number of H-pyrrole nitrogens is 1. The van der Waals surface area contributed by atoms with Crippen molar-refractivity contribution in [3.8, 4) is 5.69 Å². The van der Waals surface area contributed by atoms with Crippen LogP contribution in [0.4, 0.5) is 5.69 Å². The monoisotopic (exact) mass is 254 g/mol. The molecule has 1 amide bonds. The number of benzene rings is 1. The van der Waals surface area contributed by atoms with Crippen molar-refractivity contribution in [1.82, 2.24) is 25.2 Å². The molecular formula is C12H10N6O. The fourth-order valence-electron chi connectivity index (χ4n) is 1.57. The Balaban J connectivity index is 1.80. The summed E-state index contributed by atoms with van der Waals surface area (Å²) in [6, 6.07) is 9.38. The van der Waals surface area contributed by atoms with Gasteiger partial charge < -0.3 is 5.32 Å². The number of aromatic nitrogens is 5. The van der Waals surface area contributed by atoms with Crippen LogP contribution in [0.3, 0.4) is 0 Å². The molecule has 0 bridgehead atoms. The number of anilines is 1. The van der Waals surface area contributed by atoms with E-state index in [1.54, 1.807) is 6.20 Å². The maximum absolute atomic E-state index is 11.9. The molecule has 0 saturated carbocycles. The van der Waals surface area contributed by atoms with Crippen LogP contribution in [0.2, 0.25) is 0 Å². The first-order chi connectivity index (χ1) is 9.33. The average molecular weight is 254 g/mol. The van der Waals surface area contributed by atoms with Gasteiger partial charge in [0, 0.05) is 6.20 Å². The van der Waals surface area contributed by atoms with Crippen LogP contribution in [0.15, 0.2) is 48.9 Å². The molecule has 2 heterocycles. The zero-order valence-electron chi connectivity index (χ0n) is 9.82. The van der Waals surface area contributed by atoms with E-state index >= 15 is 0 Å². The third-order valence-corrected chi connectivity index (χ3v) is 2.47. The number of carbonyl (C=O) groups is 1. The highest BCUT2D eigenvalue weighted by Gasteiger charge is 2.11. The third-order valence-electron chi connectivity index (χ3n) is 2.47. The Morgan fingerprint density at radius 3 is 2.79 bits per heavy atom. The summed E-state index contributed by atoms with van der Waals surface area (Å²) in [6.07, 6.45) is 4.52. The smallest absolute Gasteiger partial charge is 0.277 e. The van der Waals surface area contributed by atoms with Gasteiger partial charge in [0.15, 0.2) is 5.69 Å². The quantitative estimate of drug-likeness (QED) is 0.736. The number of aromatic amines is 1. The summed E-state index contributed by atoms with van der Waals surface area (Å²) in [5.41, 5.74) is 1.62. The fourth-order valence-corrected chi connectivity index (χ4v) is 1.57. The van der Waals surface area contributed by atoms with Gasteiger partial charge in [-0.15, -0.1) is 5.10 Å². The molecule has 7 nitrogen and oxygen atoms in total. The molecule has 0 radical (unpaired) electrons. The predicted molar refractivity (Wildman–Crippen MR) is 67.9 cm³/mol. The maximum Gasteiger partial charge on any atom is 0.277 e. The minimum absolute atomic E-state index is 0.241. The van der Waals surface area contributed by atoms with Crippen molar-refractivity contribution in [2.24, 2.45) is 0 Å². The Labute approximate surface area is 108 Å². The van der Waals surface area contributed by atoms with Crippen molar-refractivity contribution in [3.05, 3.63) is 54.6 Å². The van der Waals surface area contributed by atoms with Gasteiger partial charge in [-0.25, -0.2) is 0 Å². The lowest BCUT2D eigenvalue weighted by molar-refractivity contribution is 0.102. The summed E-state index contributed by atoms with van der Waals surface area (Å²) < 4.78 is 0. The molecule has 0 aliphatic heterocycles. The molecule has 0 aliphatic rings. The normalized spacial score (nSPS) is 10.3. The first-order valence-electron chi connectivity index (χ1n) is 5.61. The van der Waals surface area contributed by atoms with E-state index in [0.717, 1.165) is 5.69 Å². The molecule has 0 fully saturated rings. The van der Waals surface area contributed by atoms with Crippen LogP contribution >= 0.6 is 0 Å². The van der Waals surface area contributed by atoms with Crippen LogP contribution in [-0.4, -0.2) is 31.1 Å². The van der Waals surface area contributed by atoms with Crippen molar-refractivity contribution in [3.63, 3.8) is 0 Å². The van der Waals surface area contributed by atoms with E-state index in [0.29, 0.717) is 5.69 Å². The Bertz CT molecular complexity index is 673. The largest absolute Gasteiger partial charge is 0.318 e. The molecule has 2 N–H and O–H groups in total. The number of amides is 1. The molecule has 0 atom stereocenters. The number of para-hydroxylation sites is 1. The van der Waals surface area contributed by atoms with E-state index in [9.17, 15) is 4.79 Å². The van der Waals surface area contributed by atoms with Crippen LogP contribution in [0, 0.1) is 0 Å². The van der Waals surface area contributed by atoms with Gasteiger partial charge in [0.05, 0.1) is 23.8 Å². The van der Waals surface area contributed by atoms with Gasteiger partial charge in [-0.2, -0.15) is 15.0 Å². The molecule has 3 rings (SSSR count). The third kappa shape index (κ3) is 2.34. The summed E-state index contributed by atoms with van der Waals surface area (Å²) in [7, 11) is 0. The van der Waals surface area contributed by atoms with E-state index in [1.807, 2.05) is 30.3 Å². The highest BCUT2D eigenvalue weighted by molar-refractivity contribution is 6.02. The van der Waals surface area contributed by atoms with E-state index in [1.165, 1.54) is 17.2 Å². The van der Waals surface area contributed by atoms with Gasteiger partial charge in [-0.3, -0.25) is 9.89 Å². The van der Waals surface area contributed by atoms with E-state index in [4.69, 9.17) is 0 Å². The van der Waals surface area contributed by atoms with Crippen LogP contribution in [0.1, 0.15) is 10.5 Å². The van der Waals surface area contributed by atoms with Crippen LogP contribution in [-0.2, 0) is 0 Å². The molecule has 3 aromatic rings. The van der Waals surface area contributed by atoms with Crippen molar-refractivity contribution in [1.29, 1.82) is 0 Å². The topological polar surface area (TPSA) is 88.5 Å². The molecule has 0 aliphatic carbocycles. The van der Waals surface area contributed by atoms with Gasteiger partial charge >= 0.3 is 0 Å².